The highest BCUT2D eigenvalue weighted by atomic mass is 16.5. The van der Waals surface area contributed by atoms with Crippen molar-refractivity contribution in [2.45, 2.75) is 19.9 Å². The molecule has 0 aliphatic heterocycles. The van der Waals surface area contributed by atoms with Crippen molar-refractivity contribution in [1.82, 2.24) is 25.1 Å². The van der Waals surface area contributed by atoms with Gasteiger partial charge in [0, 0.05) is 6.07 Å². The summed E-state index contributed by atoms with van der Waals surface area (Å²) in [7, 11) is 0. The molecule has 0 radical (unpaired) electrons. The summed E-state index contributed by atoms with van der Waals surface area (Å²) in [5.74, 6) is 1.99. The van der Waals surface area contributed by atoms with E-state index < -0.39 is 0 Å². The van der Waals surface area contributed by atoms with Gasteiger partial charge in [0.2, 0.25) is 5.88 Å². The minimum absolute atomic E-state index is 0.0122. The first-order chi connectivity index (χ1) is 8.29. The molecule has 2 rings (SSSR count). The minimum atomic E-state index is -0.0122. The number of H-pyrrole nitrogens is 1. The first-order valence-electron chi connectivity index (χ1n) is 5.36. The average Bonchev–Trinajstić information content (AvgIpc) is 2.83. The van der Waals surface area contributed by atoms with Crippen molar-refractivity contribution in [3.8, 4) is 5.88 Å². The Morgan fingerprint density at radius 2 is 2.24 bits per heavy atom. The second kappa shape index (κ2) is 5.24. The molecular weight excluding hydrogens is 220 g/mol. The van der Waals surface area contributed by atoms with E-state index >= 15 is 0 Å². The van der Waals surface area contributed by atoms with Crippen LogP contribution in [0.5, 0.6) is 5.88 Å². The molecule has 7 heteroatoms. The topological polar surface area (TPSA) is 88.6 Å². The van der Waals surface area contributed by atoms with Crippen LogP contribution in [0.1, 0.15) is 25.7 Å². The zero-order chi connectivity index (χ0) is 12.1. The summed E-state index contributed by atoms with van der Waals surface area (Å²) < 4.78 is 5.29. The monoisotopic (exact) mass is 234 g/mol. The Balaban J connectivity index is 2.05. The Morgan fingerprint density at radius 1 is 1.35 bits per heavy atom. The summed E-state index contributed by atoms with van der Waals surface area (Å²) in [6.45, 7) is 4.45. The van der Waals surface area contributed by atoms with Crippen LogP contribution >= 0.6 is 0 Å². The highest BCUT2D eigenvalue weighted by molar-refractivity contribution is 5.38. The second-order valence-electron chi connectivity index (χ2n) is 3.41. The lowest BCUT2D eigenvalue weighted by molar-refractivity contribution is 0.326. The molecule has 2 aromatic rings. The third-order valence-electron chi connectivity index (χ3n) is 2.14. The number of hydrogen-bond donors (Lipinski definition) is 2. The molecule has 0 fully saturated rings. The van der Waals surface area contributed by atoms with Crippen molar-refractivity contribution in [1.29, 1.82) is 0 Å². The van der Waals surface area contributed by atoms with Crippen LogP contribution < -0.4 is 10.1 Å². The van der Waals surface area contributed by atoms with E-state index in [2.05, 4.69) is 30.5 Å². The molecule has 0 aliphatic carbocycles. The van der Waals surface area contributed by atoms with Crippen molar-refractivity contribution >= 4 is 5.82 Å². The SMILES string of the molecule is CCOc1cc(NC(C)c2ncn[nH]2)ncn1. The lowest BCUT2D eigenvalue weighted by Crippen LogP contribution is -2.10. The van der Waals surface area contributed by atoms with E-state index in [1.54, 1.807) is 6.07 Å². The first kappa shape index (κ1) is 11.3. The second-order valence-corrected chi connectivity index (χ2v) is 3.41. The number of ether oxygens (including phenoxy) is 1. The molecule has 2 aromatic heterocycles. The Morgan fingerprint density at radius 3 is 2.94 bits per heavy atom. The summed E-state index contributed by atoms with van der Waals surface area (Å²) in [6, 6.07) is 1.73. The van der Waals surface area contributed by atoms with Crippen molar-refractivity contribution < 1.29 is 4.74 Å². The third kappa shape index (κ3) is 2.90. The number of aromatic nitrogens is 5. The van der Waals surface area contributed by atoms with Crippen molar-refractivity contribution in [2.75, 3.05) is 11.9 Å². The third-order valence-corrected chi connectivity index (χ3v) is 2.14. The van der Waals surface area contributed by atoms with Gasteiger partial charge in [0.05, 0.1) is 12.6 Å². The van der Waals surface area contributed by atoms with Crippen LogP contribution in [0, 0.1) is 0 Å². The van der Waals surface area contributed by atoms with Gasteiger partial charge in [-0.15, -0.1) is 0 Å². The highest BCUT2D eigenvalue weighted by Gasteiger charge is 2.09. The van der Waals surface area contributed by atoms with Gasteiger partial charge in [-0.25, -0.2) is 15.0 Å². The molecule has 0 saturated heterocycles. The molecule has 0 aromatic carbocycles. The van der Waals surface area contributed by atoms with Crippen LogP contribution in [-0.4, -0.2) is 31.8 Å². The summed E-state index contributed by atoms with van der Waals surface area (Å²) in [5.41, 5.74) is 0. The standard InChI is InChI=1S/C10H14N6O/c1-3-17-9-4-8(11-5-12-9)15-7(2)10-13-6-14-16-10/h4-7H,3H2,1-2H3,(H,11,12,15)(H,13,14,16). The van der Waals surface area contributed by atoms with Gasteiger partial charge in [-0.2, -0.15) is 5.10 Å². The van der Waals surface area contributed by atoms with E-state index in [0.717, 1.165) is 5.82 Å². The number of anilines is 1. The van der Waals surface area contributed by atoms with E-state index in [9.17, 15) is 0 Å². The van der Waals surface area contributed by atoms with Crippen molar-refractivity contribution in [3.63, 3.8) is 0 Å². The van der Waals surface area contributed by atoms with Gasteiger partial charge in [-0.1, -0.05) is 0 Å². The van der Waals surface area contributed by atoms with Crippen molar-refractivity contribution in [3.05, 3.63) is 24.5 Å². The molecule has 2 heterocycles. The molecule has 0 aliphatic rings. The van der Waals surface area contributed by atoms with E-state index in [4.69, 9.17) is 4.74 Å². The van der Waals surface area contributed by atoms with E-state index in [1.807, 2.05) is 13.8 Å². The van der Waals surface area contributed by atoms with Crippen LogP contribution in [-0.2, 0) is 0 Å². The summed E-state index contributed by atoms with van der Waals surface area (Å²) in [5, 5.41) is 9.78. The number of hydrogen-bond acceptors (Lipinski definition) is 6. The zero-order valence-electron chi connectivity index (χ0n) is 9.71. The van der Waals surface area contributed by atoms with Crippen molar-refractivity contribution in [2.24, 2.45) is 0 Å². The molecule has 0 saturated carbocycles. The normalized spacial score (nSPS) is 12.1. The lowest BCUT2D eigenvalue weighted by atomic mass is 10.3. The van der Waals surface area contributed by atoms with Crippen LogP contribution in [0.4, 0.5) is 5.82 Å². The molecule has 90 valence electrons. The van der Waals surface area contributed by atoms with Gasteiger partial charge >= 0.3 is 0 Å². The largest absolute Gasteiger partial charge is 0.478 e. The van der Waals surface area contributed by atoms with E-state index in [0.29, 0.717) is 18.3 Å². The summed E-state index contributed by atoms with van der Waals surface area (Å²) in [4.78, 5) is 12.2. The lowest BCUT2D eigenvalue weighted by Gasteiger charge is -2.11. The molecule has 0 bridgehead atoms. The van der Waals surface area contributed by atoms with E-state index in [-0.39, 0.29) is 6.04 Å². The predicted molar refractivity (Wildman–Crippen MR) is 61.6 cm³/mol. The Labute approximate surface area is 98.7 Å². The number of nitrogens with zero attached hydrogens (tertiary/aromatic N) is 4. The smallest absolute Gasteiger partial charge is 0.218 e. The quantitative estimate of drug-likeness (QED) is 0.807. The average molecular weight is 234 g/mol. The van der Waals surface area contributed by atoms with E-state index in [1.165, 1.54) is 12.7 Å². The van der Waals surface area contributed by atoms with Gasteiger partial charge in [0.15, 0.2) is 0 Å². The fourth-order valence-electron chi connectivity index (χ4n) is 1.36. The highest BCUT2D eigenvalue weighted by Crippen LogP contribution is 2.16. The Hall–Kier alpha value is -2.18. The Bertz CT molecular complexity index is 458. The first-order valence-corrected chi connectivity index (χ1v) is 5.36. The fraction of sp³-hybridized carbons (Fsp3) is 0.400. The Kier molecular flexibility index (Phi) is 3.49. The number of aromatic amines is 1. The van der Waals surface area contributed by atoms with Gasteiger partial charge in [0.25, 0.3) is 0 Å². The number of rotatable bonds is 5. The van der Waals surface area contributed by atoms with Crippen LogP contribution in [0.25, 0.3) is 0 Å². The molecule has 17 heavy (non-hydrogen) atoms. The minimum Gasteiger partial charge on any atom is -0.478 e. The zero-order valence-corrected chi connectivity index (χ0v) is 9.71. The molecule has 0 amide bonds. The number of nitrogens with one attached hydrogen (secondary N) is 2. The van der Waals surface area contributed by atoms with Gasteiger partial charge in [-0.05, 0) is 13.8 Å². The molecular formula is C10H14N6O. The van der Waals surface area contributed by atoms with Gasteiger partial charge < -0.3 is 10.1 Å². The maximum absolute atomic E-state index is 5.29. The fourth-order valence-corrected chi connectivity index (χ4v) is 1.36. The van der Waals surface area contributed by atoms with Gasteiger partial charge in [-0.3, -0.25) is 5.10 Å². The van der Waals surface area contributed by atoms with Crippen LogP contribution in [0.15, 0.2) is 18.7 Å². The van der Waals surface area contributed by atoms with Crippen LogP contribution in [0.2, 0.25) is 0 Å². The summed E-state index contributed by atoms with van der Waals surface area (Å²) >= 11 is 0. The predicted octanol–water partition coefficient (Wildman–Crippen LogP) is 1.17. The molecule has 2 N–H and O–H groups in total. The van der Waals surface area contributed by atoms with Crippen LogP contribution in [0.3, 0.4) is 0 Å². The molecule has 1 atom stereocenters. The maximum Gasteiger partial charge on any atom is 0.218 e. The molecule has 7 nitrogen and oxygen atoms in total. The maximum atomic E-state index is 5.29. The summed E-state index contributed by atoms with van der Waals surface area (Å²) in [6.07, 6.45) is 2.93. The molecule has 0 spiro atoms. The molecule has 1 unspecified atom stereocenters. The van der Waals surface area contributed by atoms with Gasteiger partial charge in [0.1, 0.15) is 24.3 Å².